The van der Waals surface area contributed by atoms with Gasteiger partial charge >= 0.3 is 34.5 Å². The van der Waals surface area contributed by atoms with Crippen molar-refractivity contribution in [2.45, 2.75) is 32.4 Å². The lowest BCUT2D eigenvalue weighted by molar-refractivity contribution is -0.138. The quantitative estimate of drug-likeness (QED) is 0.383. The summed E-state index contributed by atoms with van der Waals surface area (Å²) < 4.78 is 31.4. The van der Waals surface area contributed by atoms with Crippen LogP contribution in [0, 0.1) is 0 Å². The molecule has 0 aromatic carbocycles. The molecule has 2 saturated heterocycles. The topological polar surface area (TPSA) is 195 Å². The number of imide groups is 1. The lowest BCUT2D eigenvalue weighted by Crippen LogP contribution is -2.67. The van der Waals surface area contributed by atoms with Crippen LogP contribution >= 0.6 is 0 Å². The van der Waals surface area contributed by atoms with Gasteiger partial charge in [0.15, 0.2) is 0 Å². The number of hydrogen-bond acceptors (Lipinski definition) is 8. The summed E-state index contributed by atoms with van der Waals surface area (Å²) in [5.74, 6) is -0.943. The summed E-state index contributed by atoms with van der Waals surface area (Å²) >= 11 is 0. The molecule has 0 radical (unpaired) electrons. The zero-order valence-corrected chi connectivity index (χ0v) is 16.5. The van der Waals surface area contributed by atoms with Gasteiger partial charge in [0.2, 0.25) is 0 Å². The standard InChI is InChI=1S/C13H20N6O9S/c1-13(2,3)28-11(24)15-18-4-5-19(12(18)25)29(26,27)16-9(21)17-6-7(8(17)20)14-10(22)23/h7,14H,4-6H2,1-3H3,(H,15,24)(H,16,21)(H,22,23)/t7-/m0/s1. The normalized spacial score (nSPS) is 19.6. The fourth-order valence-corrected chi connectivity index (χ4v) is 3.41. The van der Waals surface area contributed by atoms with Crippen molar-refractivity contribution in [1.29, 1.82) is 0 Å². The van der Waals surface area contributed by atoms with Crippen molar-refractivity contribution in [2.24, 2.45) is 0 Å². The van der Waals surface area contributed by atoms with Crippen molar-refractivity contribution in [3.05, 3.63) is 0 Å². The van der Waals surface area contributed by atoms with E-state index in [1.165, 1.54) is 0 Å². The predicted molar refractivity (Wildman–Crippen MR) is 92.3 cm³/mol. The van der Waals surface area contributed by atoms with Crippen LogP contribution in [0.2, 0.25) is 0 Å². The van der Waals surface area contributed by atoms with E-state index in [0.717, 1.165) is 0 Å². The SMILES string of the molecule is CC(C)(C)OC(=O)NN1CCN(S(=O)(=O)NC(=O)N2C[C@H](NC(=O)O)C2=O)C1=O. The highest BCUT2D eigenvalue weighted by Crippen LogP contribution is 2.15. The minimum Gasteiger partial charge on any atom is -0.465 e. The van der Waals surface area contributed by atoms with Crippen LogP contribution in [0.1, 0.15) is 20.8 Å². The highest BCUT2D eigenvalue weighted by molar-refractivity contribution is 7.88. The Morgan fingerprint density at radius 2 is 1.79 bits per heavy atom. The summed E-state index contributed by atoms with van der Waals surface area (Å²) in [6.07, 6.45) is -2.45. The van der Waals surface area contributed by atoms with Gasteiger partial charge in [0.25, 0.3) is 5.91 Å². The average Bonchev–Trinajstić information content (AvgIpc) is 2.89. The molecule has 2 rings (SSSR count). The van der Waals surface area contributed by atoms with Crippen LogP contribution in [0.5, 0.6) is 0 Å². The number of carboxylic acid groups (broad SMARTS) is 1. The van der Waals surface area contributed by atoms with Crippen molar-refractivity contribution in [2.75, 3.05) is 19.6 Å². The van der Waals surface area contributed by atoms with Crippen molar-refractivity contribution in [3.63, 3.8) is 0 Å². The molecule has 0 aromatic rings. The van der Waals surface area contributed by atoms with E-state index < -0.39 is 52.0 Å². The third-order valence-corrected chi connectivity index (χ3v) is 4.93. The van der Waals surface area contributed by atoms with E-state index in [2.05, 4.69) is 5.43 Å². The van der Waals surface area contributed by atoms with Gasteiger partial charge in [-0.1, -0.05) is 0 Å². The fourth-order valence-electron chi connectivity index (χ4n) is 2.34. The fraction of sp³-hybridized carbons (Fsp3) is 0.615. The molecular weight excluding hydrogens is 416 g/mol. The zero-order chi connectivity index (χ0) is 22.1. The second kappa shape index (κ2) is 7.61. The van der Waals surface area contributed by atoms with Gasteiger partial charge < -0.3 is 15.2 Å². The van der Waals surface area contributed by atoms with Crippen LogP contribution in [-0.2, 0) is 19.7 Å². The molecule has 29 heavy (non-hydrogen) atoms. The van der Waals surface area contributed by atoms with Crippen LogP contribution in [0.3, 0.4) is 0 Å². The molecule has 16 heteroatoms. The Bertz CT molecular complexity index is 851. The van der Waals surface area contributed by atoms with Gasteiger partial charge in [-0.25, -0.2) is 38.6 Å². The number of hydrazine groups is 1. The van der Waals surface area contributed by atoms with Gasteiger partial charge in [-0.15, -0.1) is 0 Å². The highest BCUT2D eigenvalue weighted by Gasteiger charge is 2.45. The number of rotatable bonds is 4. The average molecular weight is 436 g/mol. The molecule has 162 valence electrons. The van der Waals surface area contributed by atoms with Gasteiger partial charge in [-0.3, -0.25) is 9.69 Å². The second-order valence-corrected chi connectivity index (χ2v) is 8.58. The molecule has 1 atom stereocenters. The van der Waals surface area contributed by atoms with Crippen LogP contribution in [0.15, 0.2) is 0 Å². The summed E-state index contributed by atoms with van der Waals surface area (Å²) in [6.45, 7) is 3.83. The minimum absolute atomic E-state index is 0.208. The predicted octanol–water partition coefficient (Wildman–Crippen LogP) is -1.40. The van der Waals surface area contributed by atoms with Crippen LogP contribution in [0.25, 0.3) is 0 Å². The number of β-lactam (4-membered cyclic amide) rings is 1. The molecular formula is C13H20N6O9S. The maximum atomic E-state index is 12.3. The van der Waals surface area contributed by atoms with E-state index in [9.17, 15) is 32.4 Å². The van der Waals surface area contributed by atoms with E-state index in [1.807, 2.05) is 5.32 Å². The molecule has 0 saturated carbocycles. The number of carbonyl (C=O) groups is 5. The van der Waals surface area contributed by atoms with Gasteiger partial charge in [0.1, 0.15) is 11.6 Å². The Labute approximate surface area is 165 Å². The number of ether oxygens (including phenoxy) is 1. The molecule has 0 aliphatic carbocycles. The van der Waals surface area contributed by atoms with Crippen molar-refractivity contribution >= 4 is 40.4 Å². The molecule has 0 bridgehead atoms. The first-order valence-electron chi connectivity index (χ1n) is 8.17. The van der Waals surface area contributed by atoms with E-state index in [4.69, 9.17) is 9.84 Å². The lowest BCUT2D eigenvalue weighted by Gasteiger charge is -2.36. The van der Waals surface area contributed by atoms with E-state index in [-0.39, 0.29) is 19.6 Å². The molecule has 15 nitrogen and oxygen atoms in total. The molecule has 2 heterocycles. The first-order valence-corrected chi connectivity index (χ1v) is 9.61. The van der Waals surface area contributed by atoms with Crippen LogP contribution < -0.4 is 15.5 Å². The Morgan fingerprint density at radius 3 is 2.31 bits per heavy atom. The van der Waals surface area contributed by atoms with Gasteiger partial charge in [-0.2, -0.15) is 8.42 Å². The smallest absolute Gasteiger partial charge is 0.426 e. The van der Waals surface area contributed by atoms with Gasteiger partial charge in [0, 0.05) is 0 Å². The Morgan fingerprint density at radius 1 is 1.17 bits per heavy atom. The Hall–Kier alpha value is -3.30. The third-order valence-electron chi connectivity index (χ3n) is 3.57. The Balaban J connectivity index is 1.94. The van der Waals surface area contributed by atoms with Crippen molar-refractivity contribution in [3.8, 4) is 0 Å². The second-order valence-electron chi connectivity index (χ2n) is 6.98. The lowest BCUT2D eigenvalue weighted by atomic mass is 10.1. The number of nitrogens with zero attached hydrogens (tertiary/aromatic N) is 3. The van der Waals surface area contributed by atoms with Crippen LogP contribution in [0.4, 0.5) is 19.2 Å². The molecule has 0 aromatic heterocycles. The molecule has 0 unspecified atom stereocenters. The summed E-state index contributed by atoms with van der Waals surface area (Å²) in [5, 5.41) is 11.1. The van der Waals surface area contributed by atoms with E-state index in [0.29, 0.717) is 14.2 Å². The van der Waals surface area contributed by atoms with Gasteiger partial charge in [0.05, 0.1) is 19.6 Å². The molecule has 0 spiro atoms. The first kappa shape index (κ1) is 22.0. The summed E-state index contributed by atoms with van der Waals surface area (Å²) in [5.41, 5.74) is 1.25. The summed E-state index contributed by atoms with van der Waals surface area (Å²) in [7, 11) is -4.68. The number of urea groups is 2. The molecule has 2 aliphatic heterocycles. The Kier molecular flexibility index (Phi) is 5.77. The summed E-state index contributed by atoms with van der Waals surface area (Å²) in [6, 6.07) is -3.65. The van der Waals surface area contributed by atoms with E-state index in [1.54, 1.807) is 25.5 Å². The first-order chi connectivity index (χ1) is 13.2. The molecule has 7 amide bonds. The number of hydrogen-bond donors (Lipinski definition) is 4. The highest BCUT2D eigenvalue weighted by atomic mass is 32.2. The minimum atomic E-state index is -4.68. The van der Waals surface area contributed by atoms with Crippen LogP contribution in [-0.4, -0.2) is 89.2 Å². The maximum absolute atomic E-state index is 12.3. The van der Waals surface area contributed by atoms with Gasteiger partial charge in [-0.05, 0) is 20.8 Å². The zero-order valence-electron chi connectivity index (χ0n) is 15.7. The summed E-state index contributed by atoms with van der Waals surface area (Å²) in [4.78, 5) is 58.5. The third kappa shape index (κ3) is 5.15. The number of likely N-dealkylation sites (tertiary alicyclic amines) is 1. The number of nitrogens with one attached hydrogen (secondary N) is 3. The largest absolute Gasteiger partial charge is 0.465 e. The van der Waals surface area contributed by atoms with E-state index >= 15 is 0 Å². The number of carbonyl (C=O) groups excluding carboxylic acids is 4. The monoisotopic (exact) mass is 436 g/mol. The van der Waals surface area contributed by atoms with Crippen molar-refractivity contribution in [1.82, 2.24) is 29.7 Å². The van der Waals surface area contributed by atoms with Crippen molar-refractivity contribution < 1.29 is 42.2 Å². The number of amides is 7. The molecule has 2 aliphatic rings. The maximum Gasteiger partial charge on any atom is 0.426 e. The molecule has 4 N–H and O–H groups in total. The molecule has 2 fully saturated rings.